The smallest absolute Gasteiger partial charge is 0.254 e. The van der Waals surface area contributed by atoms with Crippen LogP contribution < -0.4 is 14.8 Å². The van der Waals surface area contributed by atoms with Gasteiger partial charge in [-0.05, 0) is 72.7 Å². The summed E-state index contributed by atoms with van der Waals surface area (Å²) >= 11 is 6.71. The Hall–Kier alpha value is -4.46. The van der Waals surface area contributed by atoms with Gasteiger partial charge in [-0.1, -0.05) is 41.9 Å². The Morgan fingerprint density at radius 3 is 2.38 bits per heavy atom. The number of hydrogen-bond donors (Lipinski definition) is 3. The van der Waals surface area contributed by atoms with Crippen molar-refractivity contribution in [2.24, 2.45) is 0 Å². The summed E-state index contributed by atoms with van der Waals surface area (Å²) in [6, 6.07) is 18.7. The van der Waals surface area contributed by atoms with E-state index in [1.807, 2.05) is 36.1 Å². The van der Waals surface area contributed by atoms with Crippen LogP contribution in [0.4, 0.5) is 0 Å². The zero-order valence-corrected chi connectivity index (χ0v) is 27.4. The summed E-state index contributed by atoms with van der Waals surface area (Å²) in [5, 5.41) is 31.7. The van der Waals surface area contributed by atoms with E-state index in [-0.39, 0.29) is 38.9 Å². The first-order chi connectivity index (χ1) is 22.8. The van der Waals surface area contributed by atoms with Crippen LogP contribution in [0.2, 0.25) is 5.02 Å². The van der Waals surface area contributed by atoms with E-state index in [1.54, 1.807) is 24.4 Å². The number of nitrogens with zero attached hydrogens (tertiary/aromatic N) is 3. The molecule has 1 amide bonds. The normalized spacial score (nSPS) is 12.7. The Morgan fingerprint density at radius 2 is 1.66 bits per heavy atom. The quantitative estimate of drug-likeness (QED) is 0.167. The number of likely N-dealkylation sites (tertiary alicyclic amines) is 1. The molecule has 0 aliphatic carbocycles. The first kappa shape index (κ1) is 33.9. The summed E-state index contributed by atoms with van der Waals surface area (Å²) in [4.78, 5) is 19.3. The summed E-state index contributed by atoms with van der Waals surface area (Å²) in [7, 11) is 0. The molecule has 1 aliphatic rings. The second kappa shape index (κ2) is 15.9. The molecule has 3 N–H and O–H groups in total. The highest BCUT2D eigenvalue weighted by atomic mass is 35.5. The molecular weight excluding hydrogens is 616 g/mol. The van der Waals surface area contributed by atoms with Gasteiger partial charge in [-0.3, -0.25) is 9.78 Å². The van der Waals surface area contributed by atoms with Gasteiger partial charge < -0.3 is 29.9 Å². The number of hydrogen-bond acceptors (Lipinski definition) is 8. The number of pyridine rings is 1. The molecule has 10 heteroatoms. The maximum absolute atomic E-state index is 13.2. The van der Waals surface area contributed by atoms with Crippen LogP contribution in [0.5, 0.6) is 11.5 Å². The van der Waals surface area contributed by atoms with Crippen LogP contribution in [-0.2, 0) is 19.8 Å². The van der Waals surface area contributed by atoms with Gasteiger partial charge in [0.05, 0.1) is 29.8 Å². The van der Waals surface area contributed by atoms with E-state index in [1.165, 1.54) is 6.20 Å². The van der Waals surface area contributed by atoms with E-state index in [4.69, 9.17) is 21.1 Å². The number of halogens is 1. The van der Waals surface area contributed by atoms with Crippen LogP contribution in [-0.4, -0.2) is 58.3 Å². The molecule has 3 aromatic carbocycles. The molecule has 47 heavy (non-hydrogen) atoms. The fourth-order valence-corrected chi connectivity index (χ4v) is 5.97. The zero-order chi connectivity index (χ0) is 33.3. The van der Waals surface area contributed by atoms with Crippen LogP contribution in [0.15, 0.2) is 67.0 Å². The Morgan fingerprint density at radius 1 is 0.957 bits per heavy atom. The minimum atomic E-state index is -0.507. The fraction of sp³-hybridized carbons (Fsp3) is 0.324. The molecule has 5 rings (SSSR count). The Balaban J connectivity index is 1.38. The molecule has 0 radical (unpaired) electrons. The lowest BCUT2D eigenvalue weighted by molar-refractivity contribution is 0.0792. The van der Waals surface area contributed by atoms with Crippen molar-refractivity contribution in [1.29, 1.82) is 5.26 Å². The largest absolute Gasteiger partial charge is 0.488 e. The molecule has 1 aliphatic heterocycles. The highest BCUT2D eigenvalue weighted by Crippen LogP contribution is 2.36. The highest BCUT2D eigenvalue weighted by Gasteiger charge is 2.22. The third kappa shape index (κ3) is 8.10. The summed E-state index contributed by atoms with van der Waals surface area (Å²) in [6.45, 7) is 5.88. The number of rotatable bonds is 13. The average molecular weight is 655 g/mol. The number of aliphatic hydroxyl groups excluding tert-OH is 2. The Kier molecular flexibility index (Phi) is 11.5. The molecule has 4 aromatic rings. The van der Waals surface area contributed by atoms with Gasteiger partial charge in [0.2, 0.25) is 0 Å². The first-order valence-corrected chi connectivity index (χ1v) is 16.1. The van der Waals surface area contributed by atoms with Gasteiger partial charge >= 0.3 is 0 Å². The Bertz CT molecular complexity index is 1760. The van der Waals surface area contributed by atoms with Crippen molar-refractivity contribution in [3.63, 3.8) is 0 Å². The molecule has 1 aromatic heterocycles. The molecule has 0 atom stereocenters. The van der Waals surface area contributed by atoms with Crippen molar-refractivity contribution in [3.05, 3.63) is 111 Å². The van der Waals surface area contributed by atoms with E-state index < -0.39 is 6.04 Å². The predicted octanol–water partition coefficient (Wildman–Crippen LogP) is 5.73. The second-order valence-corrected chi connectivity index (χ2v) is 12.1. The molecule has 0 bridgehead atoms. The van der Waals surface area contributed by atoms with Crippen molar-refractivity contribution >= 4 is 17.5 Å². The maximum atomic E-state index is 13.2. The van der Waals surface area contributed by atoms with Gasteiger partial charge in [-0.15, -0.1) is 0 Å². The summed E-state index contributed by atoms with van der Waals surface area (Å²) in [6.07, 6.45) is 5.21. The highest BCUT2D eigenvalue weighted by molar-refractivity contribution is 6.32. The van der Waals surface area contributed by atoms with Gasteiger partial charge in [0.1, 0.15) is 30.8 Å². The Labute approximate surface area is 280 Å². The zero-order valence-electron chi connectivity index (χ0n) is 26.6. The van der Waals surface area contributed by atoms with Crippen molar-refractivity contribution < 1.29 is 24.5 Å². The topological polar surface area (TPSA) is 128 Å². The maximum Gasteiger partial charge on any atom is 0.254 e. The molecular formula is C37H39ClN4O5. The molecule has 0 saturated carbocycles. The monoisotopic (exact) mass is 654 g/mol. The molecule has 1 saturated heterocycles. The third-order valence-corrected chi connectivity index (χ3v) is 8.83. The van der Waals surface area contributed by atoms with E-state index in [9.17, 15) is 20.3 Å². The van der Waals surface area contributed by atoms with Crippen molar-refractivity contribution in [3.8, 4) is 28.7 Å². The SMILES string of the molecule is Cc1c(COc2cc(OCc3cncc(C#N)c3)c(CNC(CO)CO)cc2Cl)cccc1-c1cccc(C(=O)N2CCCC2)c1C. The van der Waals surface area contributed by atoms with Gasteiger partial charge in [-0.2, -0.15) is 5.26 Å². The minimum absolute atomic E-state index is 0.0857. The number of benzene rings is 3. The lowest BCUT2D eigenvalue weighted by Gasteiger charge is -2.20. The molecule has 0 spiro atoms. The summed E-state index contributed by atoms with van der Waals surface area (Å²) < 4.78 is 12.4. The fourth-order valence-electron chi connectivity index (χ4n) is 5.73. The van der Waals surface area contributed by atoms with Gasteiger partial charge in [-0.25, -0.2) is 0 Å². The number of nitrogens with one attached hydrogen (secondary N) is 1. The third-order valence-electron chi connectivity index (χ3n) is 8.53. The van der Waals surface area contributed by atoms with Gasteiger partial charge in [0.25, 0.3) is 5.91 Å². The number of aromatic nitrogens is 1. The van der Waals surface area contributed by atoms with E-state index in [0.717, 1.165) is 64.9 Å². The average Bonchev–Trinajstić information content (AvgIpc) is 3.64. The van der Waals surface area contributed by atoms with Gasteiger partial charge in [0, 0.05) is 54.8 Å². The minimum Gasteiger partial charge on any atom is -0.488 e. The van der Waals surface area contributed by atoms with E-state index >= 15 is 0 Å². The number of ether oxygens (including phenoxy) is 2. The van der Waals surface area contributed by atoms with Crippen molar-refractivity contribution in [2.75, 3.05) is 26.3 Å². The van der Waals surface area contributed by atoms with Crippen LogP contribution in [0.25, 0.3) is 11.1 Å². The van der Waals surface area contributed by atoms with Crippen LogP contribution in [0.3, 0.4) is 0 Å². The summed E-state index contributed by atoms with van der Waals surface area (Å²) in [5.41, 5.74) is 7.60. The molecule has 1 fully saturated rings. The lowest BCUT2D eigenvalue weighted by Crippen LogP contribution is -2.35. The van der Waals surface area contributed by atoms with Gasteiger partial charge in [0.15, 0.2) is 0 Å². The molecule has 2 heterocycles. The van der Waals surface area contributed by atoms with Crippen LogP contribution >= 0.6 is 11.6 Å². The van der Waals surface area contributed by atoms with Crippen molar-refractivity contribution in [2.45, 2.75) is 52.5 Å². The second-order valence-electron chi connectivity index (χ2n) is 11.7. The first-order valence-electron chi connectivity index (χ1n) is 15.7. The number of amides is 1. The standard InChI is InChI=1S/C37H39ClN4O5/c1-24-28(7-5-8-31(24)32-9-6-10-33(25(32)2)37(45)42-11-3-4-12-42)23-47-36-15-35(46-22-27-13-26(16-39)17-40-18-27)29(14-34(36)38)19-41-30(20-43)21-44/h5-10,13-15,17-18,30,41,43-44H,3-4,11-12,19-23H2,1-2H3. The van der Waals surface area contributed by atoms with Crippen LogP contribution in [0.1, 0.15) is 56.6 Å². The number of carbonyl (C=O) groups excluding carboxylic acids is 1. The summed E-state index contributed by atoms with van der Waals surface area (Å²) in [5.74, 6) is 1.01. The molecule has 244 valence electrons. The van der Waals surface area contributed by atoms with Crippen molar-refractivity contribution in [1.82, 2.24) is 15.2 Å². The molecule has 0 unspecified atom stereocenters. The predicted molar refractivity (Wildman–Crippen MR) is 180 cm³/mol. The van der Waals surface area contributed by atoms with E-state index in [2.05, 4.69) is 35.4 Å². The number of aliphatic hydroxyl groups is 2. The van der Waals surface area contributed by atoms with E-state index in [0.29, 0.717) is 27.6 Å². The van der Waals surface area contributed by atoms with Crippen LogP contribution in [0, 0.1) is 25.2 Å². The lowest BCUT2D eigenvalue weighted by atomic mass is 9.91. The number of nitriles is 1. The number of carbonyl (C=O) groups is 1. The molecule has 9 nitrogen and oxygen atoms in total.